The van der Waals surface area contributed by atoms with E-state index < -0.39 is 11.6 Å². The Morgan fingerprint density at radius 3 is 2.00 bits per heavy atom. The third-order valence-corrected chi connectivity index (χ3v) is 1.49. The topological polar surface area (TPSA) is 21.3 Å². The van der Waals surface area contributed by atoms with Gasteiger partial charge in [0.05, 0.1) is 7.11 Å². The Balaban J connectivity index is 0.00000144. The maximum Gasteiger partial charge on any atom is 0.190 e. The lowest BCUT2D eigenvalue weighted by atomic mass is 10.3. The van der Waals surface area contributed by atoms with E-state index in [1.807, 2.05) is 0 Å². The van der Waals surface area contributed by atoms with Crippen molar-refractivity contribution < 1.29 is 13.5 Å². The predicted molar refractivity (Wildman–Crippen MR) is 49.7 cm³/mol. The molecule has 0 aromatic heterocycles. The lowest BCUT2D eigenvalue weighted by Crippen LogP contribution is -1.96. The number of methoxy groups -OCH3 is 1. The smallest absolute Gasteiger partial charge is 0.190 e. The Bertz CT molecular complexity index is 270. The molecule has 13 heavy (non-hydrogen) atoms. The molecule has 1 aromatic carbocycles. The van der Waals surface area contributed by atoms with Crippen molar-refractivity contribution in [2.24, 2.45) is 0 Å². The van der Waals surface area contributed by atoms with Gasteiger partial charge in [0, 0.05) is 24.9 Å². The van der Waals surface area contributed by atoms with Gasteiger partial charge < -0.3 is 10.1 Å². The van der Waals surface area contributed by atoms with Crippen molar-refractivity contribution in [3.63, 3.8) is 0 Å². The molecule has 1 rings (SSSR count). The Morgan fingerprint density at radius 2 is 1.69 bits per heavy atom. The second-order valence-electron chi connectivity index (χ2n) is 2.22. The first kappa shape index (κ1) is 12.0. The second kappa shape index (κ2) is 4.87. The Morgan fingerprint density at radius 1 is 1.23 bits per heavy atom. The van der Waals surface area contributed by atoms with E-state index in [1.54, 1.807) is 7.05 Å². The average Bonchev–Trinajstić information content (AvgIpc) is 2.03. The van der Waals surface area contributed by atoms with Gasteiger partial charge in [-0.2, -0.15) is 0 Å². The molecule has 1 N–H and O–H groups in total. The Hall–Kier alpha value is -1.03. The van der Waals surface area contributed by atoms with Gasteiger partial charge in [0.1, 0.15) is 0 Å². The molecule has 0 spiro atoms. The molecule has 0 aliphatic carbocycles. The van der Waals surface area contributed by atoms with E-state index in [4.69, 9.17) is 0 Å². The van der Waals surface area contributed by atoms with Crippen LogP contribution in [0.3, 0.4) is 0 Å². The Kier molecular flexibility index (Phi) is 4.48. The first-order valence-electron chi connectivity index (χ1n) is 3.40. The van der Waals surface area contributed by atoms with Gasteiger partial charge in [-0.3, -0.25) is 0 Å². The standard InChI is InChI=1S/C8H9F2NO.ClH/c1-11-5-3-6(9)8(12-2)7(10)4-5;/h3-4,11H,1-2H3;1H. The lowest BCUT2D eigenvalue weighted by Gasteiger charge is -2.05. The highest BCUT2D eigenvalue weighted by Crippen LogP contribution is 2.24. The molecule has 5 heteroatoms. The van der Waals surface area contributed by atoms with Crippen LogP contribution in [0.2, 0.25) is 0 Å². The van der Waals surface area contributed by atoms with Crippen molar-refractivity contribution >= 4 is 18.1 Å². The minimum atomic E-state index is -0.707. The van der Waals surface area contributed by atoms with Gasteiger partial charge in [-0.15, -0.1) is 12.4 Å². The number of rotatable bonds is 2. The molecule has 74 valence electrons. The molecule has 0 bridgehead atoms. The highest BCUT2D eigenvalue weighted by Gasteiger charge is 2.10. The number of nitrogens with one attached hydrogen (secondary N) is 1. The molecule has 0 aliphatic heterocycles. The van der Waals surface area contributed by atoms with Crippen LogP contribution in [0.1, 0.15) is 0 Å². The van der Waals surface area contributed by atoms with Gasteiger partial charge in [0.15, 0.2) is 17.4 Å². The van der Waals surface area contributed by atoms with E-state index in [9.17, 15) is 8.78 Å². The zero-order valence-electron chi connectivity index (χ0n) is 7.23. The summed E-state index contributed by atoms with van der Waals surface area (Å²) in [6.07, 6.45) is 0. The lowest BCUT2D eigenvalue weighted by molar-refractivity contribution is 0.360. The minimum absolute atomic E-state index is 0. The summed E-state index contributed by atoms with van der Waals surface area (Å²) in [7, 11) is 2.81. The average molecular weight is 210 g/mol. The third kappa shape index (κ3) is 2.45. The quantitative estimate of drug-likeness (QED) is 0.808. The van der Waals surface area contributed by atoms with Crippen molar-refractivity contribution in [1.29, 1.82) is 0 Å². The van der Waals surface area contributed by atoms with Gasteiger partial charge in [0.2, 0.25) is 0 Å². The predicted octanol–water partition coefficient (Wildman–Crippen LogP) is 2.44. The molecule has 0 saturated heterocycles. The molecule has 0 radical (unpaired) electrons. The van der Waals surface area contributed by atoms with E-state index in [1.165, 1.54) is 19.2 Å². The fraction of sp³-hybridized carbons (Fsp3) is 0.250. The van der Waals surface area contributed by atoms with E-state index >= 15 is 0 Å². The van der Waals surface area contributed by atoms with Crippen molar-refractivity contribution in [2.75, 3.05) is 19.5 Å². The summed E-state index contributed by atoms with van der Waals surface area (Å²) in [6, 6.07) is 2.34. The third-order valence-electron chi connectivity index (χ3n) is 1.49. The van der Waals surface area contributed by atoms with E-state index in [-0.39, 0.29) is 18.2 Å². The highest BCUT2D eigenvalue weighted by atomic mass is 35.5. The zero-order valence-corrected chi connectivity index (χ0v) is 8.04. The van der Waals surface area contributed by atoms with Crippen LogP contribution in [0.15, 0.2) is 12.1 Å². The second-order valence-corrected chi connectivity index (χ2v) is 2.22. The molecule has 0 fully saturated rings. The number of hydrogen-bond acceptors (Lipinski definition) is 2. The minimum Gasteiger partial charge on any atom is -0.491 e. The number of anilines is 1. The Labute approximate surface area is 81.3 Å². The van der Waals surface area contributed by atoms with Gasteiger partial charge in [0.25, 0.3) is 0 Å². The molecular weight excluding hydrogens is 200 g/mol. The molecule has 2 nitrogen and oxygen atoms in total. The summed E-state index contributed by atoms with van der Waals surface area (Å²) < 4.78 is 30.3. The molecule has 0 amide bonds. The highest BCUT2D eigenvalue weighted by molar-refractivity contribution is 5.85. The largest absolute Gasteiger partial charge is 0.491 e. The van der Waals surface area contributed by atoms with Crippen molar-refractivity contribution in [2.45, 2.75) is 0 Å². The summed E-state index contributed by atoms with van der Waals surface area (Å²) in [6.45, 7) is 0. The fourth-order valence-corrected chi connectivity index (χ4v) is 0.899. The number of ether oxygens (including phenoxy) is 1. The molecule has 0 atom stereocenters. The maximum absolute atomic E-state index is 12.9. The summed E-state index contributed by atoms with van der Waals surface area (Å²) >= 11 is 0. The van der Waals surface area contributed by atoms with Crippen LogP contribution >= 0.6 is 12.4 Å². The van der Waals surface area contributed by atoms with E-state index in [0.29, 0.717) is 5.69 Å². The molecule has 0 unspecified atom stereocenters. The van der Waals surface area contributed by atoms with Crippen LogP contribution < -0.4 is 10.1 Å². The molecule has 0 aliphatic rings. The van der Waals surface area contributed by atoms with Crippen LogP contribution in [0.5, 0.6) is 5.75 Å². The van der Waals surface area contributed by atoms with Crippen LogP contribution in [-0.2, 0) is 0 Å². The summed E-state index contributed by atoms with van der Waals surface area (Å²) in [5, 5.41) is 2.62. The van der Waals surface area contributed by atoms with Crippen LogP contribution in [0, 0.1) is 11.6 Å². The molecule has 0 saturated carbocycles. The summed E-state index contributed by atoms with van der Waals surface area (Å²) in [5.41, 5.74) is 0.380. The van der Waals surface area contributed by atoms with Crippen molar-refractivity contribution in [3.05, 3.63) is 23.8 Å². The maximum atomic E-state index is 12.9. The SMILES string of the molecule is CNc1cc(F)c(OC)c(F)c1.Cl. The van der Waals surface area contributed by atoms with E-state index in [2.05, 4.69) is 10.1 Å². The molecule has 0 heterocycles. The van der Waals surface area contributed by atoms with Crippen LogP contribution in [0.25, 0.3) is 0 Å². The first-order chi connectivity index (χ1) is 5.69. The van der Waals surface area contributed by atoms with Gasteiger partial charge in [-0.25, -0.2) is 8.78 Å². The van der Waals surface area contributed by atoms with E-state index in [0.717, 1.165) is 0 Å². The number of benzene rings is 1. The number of hydrogen-bond donors (Lipinski definition) is 1. The summed E-state index contributed by atoms with van der Waals surface area (Å²) in [5.74, 6) is -1.77. The molecule has 1 aromatic rings. The van der Waals surface area contributed by atoms with Crippen molar-refractivity contribution in [3.8, 4) is 5.75 Å². The normalized spacial score (nSPS) is 8.92. The van der Waals surface area contributed by atoms with Crippen LogP contribution in [-0.4, -0.2) is 14.2 Å². The fourth-order valence-electron chi connectivity index (χ4n) is 0.899. The van der Waals surface area contributed by atoms with Gasteiger partial charge in [-0.05, 0) is 0 Å². The first-order valence-corrected chi connectivity index (χ1v) is 3.40. The summed E-state index contributed by atoms with van der Waals surface area (Å²) in [4.78, 5) is 0. The molecular formula is C8H10ClF2NO. The van der Waals surface area contributed by atoms with Gasteiger partial charge >= 0.3 is 0 Å². The van der Waals surface area contributed by atoms with Crippen LogP contribution in [0.4, 0.5) is 14.5 Å². The monoisotopic (exact) mass is 209 g/mol. The number of halogens is 3. The van der Waals surface area contributed by atoms with Crippen molar-refractivity contribution in [1.82, 2.24) is 0 Å². The van der Waals surface area contributed by atoms with Gasteiger partial charge in [-0.1, -0.05) is 0 Å². The zero-order chi connectivity index (χ0) is 9.14.